The summed E-state index contributed by atoms with van der Waals surface area (Å²) in [4.78, 5) is 15.7. The molecule has 0 spiro atoms. The molecule has 2 heterocycles. The Morgan fingerprint density at radius 2 is 1.06 bits per heavy atom. The Kier molecular flexibility index (Phi) is 10.3. The summed E-state index contributed by atoms with van der Waals surface area (Å²) in [6, 6.07) is 69.2. The van der Waals surface area contributed by atoms with E-state index in [0.717, 1.165) is 73.8 Å². The molecule has 1 unspecified atom stereocenters. The van der Waals surface area contributed by atoms with Crippen LogP contribution in [0, 0.1) is 0 Å². The van der Waals surface area contributed by atoms with Crippen LogP contribution < -0.4 is 5.32 Å². The Morgan fingerprint density at radius 3 is 1.77 bits per heavy atom. The molecule has 69 heavy (non-hydrogen) atoms. The molecule has 2 aliphatic rings. The van der Waals surface area contributed by atoms with Crippen molar-refractivity contribution in [3.63, 3.8) is 0 Å². The standard InChI is InChI=1S/C64H53N5/c1-63(2)41-64(3,4)56-38-48(34-37-55(56)63)51-25-15-14-24-50(51)45-32-35-49(36-33-45)65-57-40-59-54(39-53(57)44-20-10-6-11-21-44)52-26-16-17-27-58(52)69(59)62-67-60(46-22-12-7-13-23-46)66-61(68-62)47-30-28-43(29-31-47)42-18-8-5-9-19-42/h5-32,34-40,45,65H,33,41H2,1-4H3. The molecule has 0 amide bonds. The van der Waals surface area contributed by atoms with Crippen molar-refractivity contribution in [2.24, 2.45) is 0 Å². The van der Waals surface area contributed by atoms with Crippen molar-refractivity contribution in [1.82, 2.24) is 19.5 Å². The second-order valence-electron chi connectivity index (χ2n) is 20.0. The van der Waals surface area contributed by atoms with Crippen LogP contribution in [-0.2, 0) is 10.8 Å². The van der Waals surface area contributed by atoms with Gasteiger partial charge in [-0.05, 0) is 92.5 Å². The van der Waals surface area contributed by atoms with Gasteiger partial charge in [-0.3, -0.25) is 4.57 Å². The summed E-state index contributed by atoms with van der Waals surface area (Å²) in [6.07, 6.45) is 9.04. The van der Waals surface area contributed by atoms with Crippen LogP contribution in [0.2, 0.25) is 0 Å². The first kappa shape index (κ1) is 42.2. The lowest BCUT2D eigenvalue weighted by atomic mass is 9.81. The Balaban J connectivity index is 0.946. The van der Waals surface area contributed by atoms with Gasteiger partial charge in [0.2, 0.25) is 5.95 Å². The third-order valence-electron chi connectivity index (χ3n) is 14.4. The van der Waals surface area contributed by atoms with Gasteiger partial charge in [0.15, 0.2) is 11.6 Å². The number of hydrogen-bond acceptors (Lipinski definition) is 4. The first-order valence-electron chi connectivity index (χ1n) is 24.2. The van der Waals surface area contributed by atoms with E-state index in [1.807, 2.05) is 24.3 Å². The van der Waals surface area contributed by atoms with Crippen molar-refractivity contribution in [3.05, 3.63) is 235 Å². The molecule has 0 fully saturated rings. The summed E-state index contributed by atoms with van der Waals surface area (Å²) in [6.45, 7) is 9.58. The van der Waals surface area contributed by atoms with Gasteiger partial charge in [0.1, 0.15) is 0 Å². The van der Waals surface area contributed by atoms with Gasteiger partial charge in [0.05, 0.1) is 11.0 Å². The van der Waals surface area contributed by atoms with E-state index < -0.39 is 0 Å². The van der Waals surface area contributed by atoms with E-state index in [4.69, 9.17) is 15.0 Å². The summed E-state index contributed by atoms with van der Waals surface area (Å²) < 4.78 is 2.21. The first-order chi connectivity index (χ1) is 33.7. The summed E-state index contributed by atoms with van der Waals surface area (Å²) >= 11 is 0. The zero-order chi connectivity index (χ0) is 46.7. The molecule has 0 saturated carbocycles. The van der Waals surface area contributed by atoms with Gasteiger partial charge >= 0.3 is 0 Å². The van der Waals surface area contributed by atoms with Crippen LogP contribution in [0.1, 0.15) is 63.1 Å². The number of hydrogen-bond donors (Lipinski definition) is 1. The highest BCUT2D eigenvalue weighted by atomic mass is 15.2. The quantitative estimate of drug-likeness (QED) is 0.157. The smallest absolute Gasteiger partial charge is 0.238 e. The van der Waals surface area contributed by atoms with Gasteiger partial charge in [-0.15, -0.1) is 0 Å². The molecule has 1 atom stereocenters. The van der Waals surface area contributed by atoms with E-state index in [2.05, 4.69) is 226 Å². The minimum absolute atomic E-state index is 0.142. The molecule has 10 aromatic rings. The van der Waals surface area contributed by atoms with Crippen molar-refractivity contribution >= 4 is 27.5 Å². The fourth-order valence-electron chi connectivity index (χ4n) is 11.3. The van der Waals surface area contributed by atoms with Gasteiger partial charge in [0.25, 0.3) is 0 Å². The number of allylic oxidation sites excluding steroid dienone is 3. The normalized spacial score (nSPS) is 15.8. The molecule has 5 nitrogen and oxygen atoms in total. The van der Waals surface area contributed by atoms with Crippen LogP contribution in [0.5, 0.6) is 0 Å². The zero-order valence-electron chi connectivity index (χ0n) is 39.5. The molecule has 8 aromatic carbocycles. The molecule has 12 rings (SSSR count). The average Bonchev–Trinajstić information content (AvgIpc) is 3.81. The Morgan fingerprint density at radius 1 is 0.478 bits per heavy atom. The number of anilines is 1. The maximum Gasteiger partial charge on any atom is 0.238 e. The van der Waals surface area contributed by atoms with Crippen molar-refractivity contribution in [1.29, 1.82) is 0 Å². The molecule has 0 saturated heterocycles. The van der Waals surface area contributed by atoms with Gasteiger partial charge in [-0.25, -0.2) is 4.98 Å². The van der Waals surface area contributed by atoms with Crippen LogP contribution in [0.4, 0.5) is 5.69 Å². The molecule has 0 aliphatic heterocycles. The third kappa shape index (κ3) is 7.74. The lowest BCUT2D eigenvalue weighted by Gasteiger charge is -2.23. The van der Waals surface area contributed by atoms with Crippen molar-refractivity contribution in [3.8, 4) is 62.1 Å². The van der Waals surface area contributed by atoms with Crippen LogP contribution in [0.25, 0.3) is 83.9 Å². The predicted octanol–water partition coefficient (Wildman–Crippen LogP) is 16.3. The van der Waals surface area contributed by atoms with Gasteiger partial charge in [-0.1, -0.05) is 216 Å². The number of rotatable bonds is 9. The molecule has 0 radical (unpaired) electrons. The number of aromatic nitrogens is 4. The van der Waals surface area contributed by atoms with Gasteiger partial charge < -0.3 is 5.32 Å². The summed E-state index contributed by atoms with van der Waals surface area (Å²) in [5, 5.41) is 6.17. The molecule has 1 N–H and O–H groups in total. The minimum atomic E-state index is 0.142. The predicted molar refractivity (Wildman–Crippen MR) is 287 cm³/mol. The molecular weight excluding hydrogens is 839 g/mol. The Hall–Kier alpha value is -8.15. The summed E-state index contributed by atoms with van der Waals surface area (Å²) in [5.74, 6) is 2.03. The van der Waals surface area contributed by atoms with E-state index >= 15 is 0 Å². The lowest BCUT2D eigenvalue weighted by molar-refractivity contribution is 0.403. The van der Waals surface area contributed by atoms with E-state index in [0.29, 0.717) is 17.6 Å². The van der Waals surface area contributed by atoms with Crippen molar-refractivity contribution < 1.29 is 0 Å². The molecular formula is C64H53N5. The number of fused-ring (bicyclic) bond motifs is 4. The maximum absolute atomic E-state index is 5.29. The SMILES string of the molecule is CC1(C)CC(C)(C)c2cc(-c3ccccc3C3C=CC(Nc4cc5c(cc4-c4ccccc4)c4ccccc4n5-c4nc(-c5ccccc5)nc(-c5ccc(-c6ccccc6)cc5)n4)=CC3)ccc21. The largest absolute Gasteiger partial charge is 0.355 e. The highest BCUT2D eigenvalue weighted by Gasteiger charge is 2.42. The lowest BCUT2D eigenvalue weighted by Crippen LogP contribution is -2.17. The minimum Gasteiger partial charge on any atom is -0.355 e. The fourth-order valence-corrected chi connectivity index (χ4v) is 11.3. The van der Waals surface area contributed by atoms with E-state index in [9.17, 15) is 0 Å². The highest BCUT2D eigenvalue weighted by molar-refractivity contribution is 6.12. The van der Waals surface area contributed by atoms with Crippen LogP contribution in [0.15, 0.2) is 218 Å². The average molecular weight is 892 g/mol. The van der Waals surface area contributed by atoms with Gasteiger partial charge in [0, 0.05) is 44.8 Å². The van der Waals surface area contributed by atoms with Crippen LogP contribution >= 0.6 is 0 Å². The highest BCUT2D eigenvalue weighted by Crippen LogP contribution is 2.51. The topological polar surface area (TPSA) is 55.6 Å². The van der Waals surface area contributed by atoms with Crippen LogP contribution in [0.3, 0.4) is 0 Å². The number of nitrogens with one attached hydrogen (secondary N) is 1. The number of nitrogens with zero attached hydrogens (tertiary/aromatic N) is 4. The van der Waals surface area contributed by atoms with Crippen molar-refractivity contribution in [2.45, 2.75) is 57.3 Å². The second-order valence-corrected chi connectivity index (χ2v) is 20.0. The molecule has 2 aliphatic carbocycles. The molecule has 0 bridgehead atoms. The summed E-state index contributed by atoms with van der Waals surface area (Å²) in [5.41, 5.74) is 17.8. The molecule has 2 aromatic heterocycles. The maximum atomic E-state index is 5.29. The number of benzene rings is 8. The van der Waals surface area contributed by atoms with Crippen LogP contribution in [-0.4, -0.2) is 19.5 Å². The molecule has 334 valence electrons. The monoisotopic (exact) mass is 891 g/mol. The first-order valence-corrected chi connectivity index (χ1v) is 24.2. The fraction of sp³-hybridized carbons (Fsp3) is 0.141. The molecule has 5 heteroatoms. The Bertz CT molecular complexity index is 3620. The van der Waals surface area contributed by atoms with E-state index in [1.165, 1.54) is 33.4 Å². The summed E-state index contributed by atoms with van der Waals surface area (Å²) in [7, 11) is 0. The van der Waals surface area contributed by atoms with E-state index in [-0.39, 0.29) is 16.7 Å². The third-order valence-corrected chi connectivity index (χ3v) is 14.4. The van der Waals surface area contributed by atoms with Crippen molar-refractivity contribution in [2.75, 3.05) is 5.32 Å². The number of para-hydroxylation sites is 1. The second kappa shape index (κ2) is 16.9. The Labute approximate surface area is 404 Å². The van der Waals surface area contributed by atoms with Gasteiger partial charge in [-0.2, -0.15) is 9.97 Å². The zero-order valence-corrected chi connectivity index (χ0v) is 39.5. The van der Waals surface area contributed by atoms with E-state index in [1.54, 1.807) is 0 Å².